The molecule has 1 aromatic heterocycles. The molecule has 24 heavy (non-hydrogen) atoms. The summed E-state index contributed by atoms with van der Waals surface area (Å²) in [6, 6.07) is 17.3. The van der Waals surface area contributed by atoms with Crippen LogP contribution in [0.3, 0.4) is 0 Å². The van der Waals surface area contributed by atoms with Crippen molar-refractivity contribution in [1.29, 1.82) is 5.26 Å². The van der Waals surface area contributed by atoms with E-state index in [4.69, 9.17) is 10.00 Å². The van der Waals surface area contributed by atoms with E-state index in [0.29, 0.717) is 16.7 Å². The first kappa shape index (κ1) is 15.6. The monoisotopic (exact) mass is 316 g/mol. The fraction of sp³-hybridized carbons (Fsp3) is 0.100. The van der Waals surface area contributed by atoms with Gasteiger partial charge in [-0.05, 0) is 35.9 Å². The van der Waals surface area contributed by atoms with Gasteiger partial charge in [0.05, 0.1) is 24.3 Å². The van der Waals surface area contributed by atoms with E-state index in [-0.39, 0.29) is 0 Å². The number of methoxy groups -OCH3 is 1. The molecule has 0 bridgehead atoms. The van der Waals surface area contributed by atoms with Crippen molar-refractivity contribution in [3.05, 3.63) is 70.9 Å². The highest BCUT2D eigenvalue weighted by Gasteiger charge is 2.11. The van der Waals surface area contributed by atoms with Gasteiger partial charge in [0.25, 0.3) is 0 Å². The Morgan fingerprint density at radius 3 is 2.67 bits per heavy atom. The molecule has 3 aromatic rings. The van der Waals surface area contributed by atoms with Crippen molar-refractivity contribution in [2.45, 2.75) is 0 Å². The van der Waals surface area contributed by atoms with Crippen molar-refractivity contribution in [2.24, 2.45) is 7.05 Å². The minimum absolute atomic E-state index is 0.381. The van der Waals surface area contributed by atoms with Gasteiger partial charge >= 0.3 is 5.97 Å². The predicted octanol–water partition coefficient (Wildman–Crippen LogP) is 4.01. The van der Waals surface area contributed by atoms with E-state index in [1.807, 2.05) is 37.4 Å². The second kappa shape index (κ2) is 6.43. The molecule has 4 nitrogen and oxygen atoms in total. The van der Waals surface area contributed by atoms with Gasteiger partial charge in [0, 0.05) is 23.6 Å². The molecule has 0 aliphatic carbocycles. The fourth-order valence-corrected chi connectivity index (χ4v) is 2.70. The van der Waals surface area contributed by atoms with Crippen LogP contribution in [0, 0.1) is 11.3 Å². The number of hydrogen-bond donors (Lipinski definition) is 0. The Labute approximate surface area is 140 Å². The Kier molecular flexibility index (Phi) is 4.17. The Balaban J connectivity index is 2.03. The Bertz CT molecular complexity index is 991. The topological polar surface area (TPSA) is 55.0 Å². The molecule has 0 saturated carbocycles. The summed E-state index contributed by atoms with van der Waals surface area (Å²) in [4.78, 5) is 12.0. The van der Waals surface area contributed by atoms with E-state index < -0.39 is 5.97 Å². The molecule has 0 N–H and O–H groups in total. The number of hydrogen-bond acceptors (Lipinski definition) is 3. The molecule has 0 radical (unpaired) electrons. The summed E-state index contributed by atoms with van der Waals surface area (Å²) in [6.07, 6.45) is 3.81. The molecular weight excluding hydrogens is 300 g/mol. The first-order valence-electron chi connectivity index (χ1n) is 7.49. The van der Waals surface area contributed by atoms with Crippen molar-refractivity contribution in [2.75, 3.05) is 7.11 Å². The minimum Gasteiger partial charge on any atom is -0.465 e. The lowest BCUT2D eigenvalue weighted by Gasteiger charge is -2.05. The third-order valence-electron chi connectivity index (χ3n) is 4.01. The number of esters is 1. The lowest BCUT2D eigenvalue weighted by atomic mass is 10.0. The molecule has 1 heterocycles. The molecule has 0 saturated heterocycles. The van der Waals surface area contributed by atoms with Crippen LogP contribution >= 0.6 is 0 Å². The number of aryl methyl sites for hydroxylation is 1. The van der Waals surface area contributed by atoms with Gasteiger partial charge in [0.2, 0.25) is 0 Å². The van der Waals surface area contributed by atoms with Crippen LogP contribution in [0.1, 0.15) is 27.2 Å². The normalized spacial score (nSPS) is 10.9. The number of fused-ring (bicyclic) bond motifs is 1. The molecule has 3 rings (SSSR count). The van der Waals surface area contributed by atoms with Crippen LogP contribution in [0.15, 0.2) is 48.5 Å². The standard InChI is InChI=1S/C20H16N2O2/c1-22-17(12-16-5-3-4-6-19(16)22)10-9-15-8-7-14(13-21)11-18(15)20(23)24-2/h3-12H,1-2H3. The first-order valence-corrected chi connectivity index (χ1v) is 7.49. The van der Waals surface area contributed by atoms with Crippen LogP contribution in [-0.4, -0.2) is 17.6 Å². The van der Waals surface area contributed by atoms with Crippen LogP contribution < -0.4 is 0 Å². The van der Waals surface area contributed by atoms with Crippen LogP contribution in [0.4, 0.5) is 0 Å². The van der Waals surface area contributed by atoms with Crippen LogP contribution in [0.25, 0.3) is 23.1 Å². The van der Waals surface area contributed by atoms with E-state index >= 15 is 0 Å². The zero-order valence-corrected chi connectivity index (χ0v) is 13.5. The molecule has 2 aromatic carbocycles. The Hall–Kier alpha value is -3.32. The average molecular weight is 316 g/mol. The third-order valence-corrected chi connectivity index (χ3v) is 4.01. The maximum atomic E-state index is 12.0. The van der Waals surface area contributed by atoms with Crippen molar-refractivity contribution in [3.8, 4) is 6.07 Å². The number of ether oxygens (including phenoxy) is 1. The summed E-state index contributed by atoms with van der Waals surface area (Å²) in [6.45, 7) is 0. The van der Waals surface area contributed by atoms with E-state index in [1.54, 1.807) is 18.2 Å². The van der Waals surface area contributed by atoms with Gasteiger partial charge in [-0.25, -0.2) is 4.79 Å². The molecule has 0 atom stereocenters. The number of carbonyl (C=O) groups excluding carboxylic acids is 1. The largest absolute Gasteiger partial charge is 0.465 e. The van der Waals surface area contributed by atoms with Crippen LogP contribution in [-0.2, 0) is 11.8 Å². The van der Waals surface area contributed by atoms with Crippen LogP contribution in [0.2, 0.25) is 0 Å². The highest BCUT2D eigenvalue weighted by Crippen LogP contribution is 2.21. The molecule has 0 aliphatic heterocycles. The molecule has 118 valence electrons. The summed E-state index contributed by atoms with van der Waals surface area (Å²) in [5.74, 6) is -0.455. The fourth-order valence-electron chi connectivity index (χ4n) is 2.70. The number of nitrogens with zero attached hydrogens (tertiary/aromatic N) is 2. The lowest BCUT2D eigenvalue weighted by Crippen LogP contribution is -2.04. The second-order valence-corrected chi connectivity index (χ2v) is 5.43. The number of rotatable bonds is 3. The van der Waals surface area contributed by atoms with Gasteiger partial charge in [0.15, 0.2) is 0 Å². The van der Waals surface area contributed by atoms with Gasteiger partial charge < -0.3 is 9.30 Å². The van der Waals surface area contributed by atoms with E-state index in [2.05, 4.69) is 22.8 Å². The van der Waals surface area contributed by atoms with Gasteiger partial charge in [-0.1, -0.05) is 30.3 Å². The van der Waals surface area contributed by atoms with Gasteiger partial charge in [-0.15, -0.1) is 0 Å². The van der Waals surface area contributed by atoms with Crippen LogP contribution in [0.5, 0.6) is 0 Å². The summed E-state index contributed by atoms with van der Waals surface area (Å²) in [5, 5.41) is 10.2. The highest BCUT2D eigenvalue weighted by molar-refractivity contribution is 5.95. The van der Waals surface area contributed by atoms with Crippen molar-refractivity contribution >= 4 is 29.0 Å². The summed E-state index contributed by atoms with van der Waals surface area (Å²) < 4.78 is 6.90. The Morgan fingerprint density at radius 2 is 1.96 bits per heavy atom. The maximum Gasteiger partial charge on any atom is 0.338 e. The molecule has 0 fully saturated rings. The lowest BCUT2D eigenvalue weighted by molar-refractivity contribution is 0.0600. The first-order chi connectivity index (χ1) is 11.6. The number of nitriles is 1. The zero-order chi connectivity index (χ0) is 17.1. The van der Waals surface area contributed by atoms with Crippen molar-refractivity contribution in [1.82, 2.24) is 4.57 Å². The van der Waals surface area contributed by atoms with Crippen molar-refractivity contribution < 1.29 is 9.53 Å². The van der Waals surface area contributed by atoms with Gasteiger partial charge in [0.1, 0.15) is 0 Å². The second-order valence-electron chi connectivity index (χ2n) is 5.43. The molecule has 0 amide bonds. The van der Waals surface area contributed by atoms with Crippen molar-refractivity contribution in [3.63, 3.8) is 0 Å². The molecule has 0 unspecified atom stereocenters. The quantitative estimate of drug-likeness (QED) is 0.686. The van der Waals surface area contributed by atoms with Gasteiger partial charge in [-0.2, -0.15) is 5.26 Å². The summed E-state index contributed by atoms with van der Waals surface area (Å²) >= 11 is 0. The van der Waals surface area contributed by atoms with E-state index in [0.717, 1.165) is 16.6 Å². The minimum atomic E-state index is -0.455. The molecule has 0 aliphatic rings. The van der Waals surface area contributed by atoms with Gasteiger partial charge in [-0.3, -0.25) is 0 Å². The molecule has 4 heteroatoms. The highest BCUT2D eigenvalue weighted by atomic mass is 16.5. The number of carbonyl (C=O) groups is 1. The third kappa shape index (κ3) is 2.80. The Morgan fingerprint density at radius 1 is 1.17 bits per heavy atom. The average Bonchev–Trinajstić information content (AvgIpc) is 2.95. The predicted molar refractivity (Wildman–Crippen MR) is 94.3 cm³/mol. The molecular formula is C20H16N2O2. The summed E-state index contributed by atoms with van der Waals surface area (Å²) in [7, 11) is 3.33. The number of para-hydroxylation sites is 1. The zero-order valence-electron chi connectivity index (χ0n) is 13.5. The smallest absolute Gasteiger partial charge is 0.338 e. The maximum absolute atomic E-state index is 12.0. The SMILES string of the molecule is COC(=O)c1cc(C#N)ccc1C=Cc1cc2ccccc2n1C. The molecule has 0 spiro atoms. The van der Waals surface area contributed by atoms with E-state index in [9.17, 15) is 4.79 Å². The number of aromatic nitrogens is 1. The number of benzene rings is 2. The van der Waals surface area contributed by atoms with E-state index in [1.165, 1.54) is 7.11 Å². The summed E-state index contributed by atoms with van der Waals surface area (Å²) in [5.41, 5.74) is 3.69.